The molecule has 0 spiro atoms. The van der Waals surface area contributed by atoms with Crippen LogP contribution in [0.2, 0.25) is 0 Å². The van der Waals surface area contributed by atoms with Crippen LogP contribution in [0, 0.1) is 6.92 Å². The van der Waals surface area contributed by atoms with Crippen molar-refractivity contribution >= 4 is 16.9 Å². The third kappa shape index (κ3) is 3.83. The molecule has 0 amide bonds. The van der Waals surface area contributed by atoms with Gasteiger partial charge in [0, 0.05) is 24.8 Å². The maximum atomic E-state index is 10.8. The summed E-state index contributed by atoms with van der Waals surface area (Å²) in [6.07, 6.45) is -1.31. The minimum atomic E-state index is -1.06. The fourth-order valence-electron chi connectivity index (χ4n) is 1.47. The van der Waals surface area contributed by atoms with Gasteiger partial charge in [-0.2, -0.15) is 0 Å². The van der Waals surface area contributed by atoms with E-state index in [9.17, 15) is 15.0 Å². The lowest BCUT2D eigenvalue weighted by Gasteiger charge is -2.15. The van der Waals surface area contributed by atoms with E-state index >= 15 is 0 Å². The minimum absolute atomic E-state index is 0.0794. The highest BCUT2D eigenvalue weighted by Crippen LogP contribution is 2.21. The lowest BCUT2D eigenvalue weighted by molar-refractivity contribution is -0.109. The number of H-pyrrole nitrogens is 1. The number of imidazole rings is 1. The maximum absolute atomic E-state index is 10.8. The van der Waals surface area contributed by atoms with E-state index in [1.807, 2.05) is 6.92 Å². The van der Waals surface area contributed by atoms with E-state index in [1.54, 1.807) is 6.92 Å². The number of rotatable bonds is 5. The summed E-state index contributed by atoms with van der Waals surface area (Å²) in [6.45, 7) is 5.19. The van der Waals surface area contributed by atoms with Gasteiger partial charge in [-0.3, -0.25) is 4.79 Å². The van der Waals surface area contributed by atoms with Crippen LogP contribution in [0.5, 0.6) is 0 Å². The zero-order valence-corrected chi connectivity index (χ0v) is 11.0. The average Bonchev–Trinajstić information content (AvgIpc) is 2.66. The molecule has 0 bridgehead atoms. The first-order valence-electron chi connectivity index (χ1n) is 5.50. The lowest BCUT2D eigenvalue weighted by atomic mass is 10.1. The third-order valence-electron chi connectivity index (χ3n) is 2.41. The Morgan fingerprint density at radius 1 is 1.53 bits per heavy atom. The molecule has 1 aromatic heterocycles. The predicted octanol–water partition coefficient (Wildman–Crippen LogP) is 0.955. The molecule has 6 heteroatoms. The second-order valence-corrected chi connectivity index (χ2v) is 5.06. The number of aromatic nitrogens is 2. The molecular formula is C11H18N2O3S. The second-order valence-electron chi connectivity index (χ2n) is 3.86. The van der Waals surface area contributed by atoms with Crippen molar-refractivity contribution in [2.45, 2.75) is 39.4 Å². The molecule has 0 radical (unpaired) electrons. The molecule has 0 aliphatic heterocycles. The van der Waals surface area contributed by atoms with Crippen LogP contribution in [0.4, 0.5) is 0 Å². The number of thioether (sulfide) groups is 1. The van der Waals surface area contributed by atoms with E-state index in [1.165, 1.54) is 6.92 Å². The fourth-order valence-corrected chi connectivity index (χ4v) is 2.06. The van der Waals surface area contributed by atoms with Gasteiger partial charge in [0.25, 0.3) is 0 Å². The molecule has 5 nitrogen and oxygen atoms in total. The number of aliphatic hydroxyl groups is 2. The first kappa shape index (κ1) is 14.2. The van der Waals surface area contributed by atoms with Gasteiger partial charge in [0.15, 0.2) is 5.12 Å². The monoisotopic (exact) mass is 258 g/mol. The van der Waals surface area contributed by atoms with E-state index < -0.39 is 12.2 Å². The summed E-state index contributed by atoms with van der Waals surface area (Å²) in [5, 5.41) is 19.6. The summed E-state index contributed by atoms with van der Waals surface area (Å²) in [5.41, 5.74) is 1.21. The molecule has 2 atom stereocenters. The van der Waals surface area contributed by atoms with Crippen molar-refractivity contribution < 1.29 is 15.0 Å². The largest absolute Gasteiger partial charge is 0.389 e. The van der Waals surface area contributed by atoms with Gasteiger partial charge in [0.2, 0.25) is 0 Å². The lowest BCUT2D eigenvalue weighted by Crippen LogP contribution is -2.22. The SMILES string of the molecule is CCc1nc(C(O)C(O)CSC(C)=O)c(C)[nH]1. The minimum Gasteiger partial charge on any atom is -0.389 e. The second kappa shape index (κ2) is 6.18. The van der Waals surface area contributed by atoms with E-state index in [0.717, 1.165) is 29.7 Å². The molecule has 96 valence electrons. The van der Waals surface area contributed by atoms with Crippen LogP contribution in [0.25, 0.3) is 0 Å². The van der Waals surface area contributed by atoms with E-state index in [2.05, 4.69) is 9.97 Å². The van der Waals surface area contributed by atoms with Gasteiger partial charge < -0.3 is 15.2 Å². The highest BCUT2D eigenvalue weighted by atomic mass is 32.2. The molecular weight excluding hydrogens is 240 g/mol. The number of carbonyl (C=O) groups is 1. The van der Waals surface area contributed by atoms with Crippen molar-refractivity contribution in [3.05, 3.63) is 17.2 Å². The number of hydrogen-bond donors (Lipinski definition) is 3. The quantitative estimate of drug-likeness (QED) is 0.732. The molecule has 0 aromatic carbocycles. The topological polar surface area (TPSA) is 86.2 Å². The van der Waals surface area contributed by atoms with Crippen LogP contribution >= 0.6 is 11.8 Å². The Hall–Kier alpha value is -0.850. The molecule has 17 heavy (non-hydrogen) atoms. The Balaban J connectivity index is 2.70. The molecule has 3 N–H and O–H groups in total. The molecule has 1 aromatic rings. The van der Waals surface area contributed by atoms with E-state index in [-0.39, 0.29) is 10.9 Å². The van der Waals surface area contributed by atoms with Gasteiger partial charge in [-0.15, -0.1) is 0 Å². The van der Waals surface area contributed by atoms with Crippen molar-refractivity contribution in [3.63, 3.8) is 0 Å². The zero-order valence-electron chi connectivity index (χ0n) is 10.2. The van der Waals surface area contributed by atoms with Crippen molar-refractivity contribution in [2.75, 3.05) is 5.75 Å². The van der Waals surface area contributed by atoms with E-state index in [4.69, 9.17) is 0 Å². The van der Waals surface area contributed by atoms with Crippen LogP contribution in [0.15, 0.2) is 0 Å². The Morgan fingerprint density at radius 3 is 2.65 bits per heavy atom. The normalized spacial score (nSPS) is 14.6. The number of aryl methyl sites for hydroxylation is 2. The number of aliphatic hydroxyl groups excluding tert-OH is 2. The molecule has 0 aliphatic rings. The molecule has 1 rings (SSSR count). The van der Waals surface area contributed by atoms with Crippen LogP contribution in [0.3, 0.4) is 0 Å². The summed E-state index contributed by atoms with van der Waals surface area (Å²) < 4.78 is 0. The van der Waals surface area contributed by atoms with Crippen molar-refractivity contribution in [3.8, 4) is 0 Å². The molecule has 0 aliphatic carbocycles. The van der Waals surface area contributed by atoms with Gasteiger partial charge in [0.1, 0.15) is 11.9 Å². The van der Waals surface area contributed by atoms with Crippen LogP contribution in [0.1, 0.15) is 37.2 Å². The number of nitrogens with zero attached hydrogens (tertiary/aromatic N) is 1. The van der Waals surface area contributed by atoms with E-state index in [0.29, 0.717) is 5.69 Å². The summed E-state index contributed by atoms with van der Waals surface area (Å²) in [5.74, 6) is 0.951. The molecule has 0 saturated carbocycles. The van der Waals surface area contributed by atoms with Gasteiger partial charge in [-0.05, 0) is 6.92 Å². The Bertz CT molecular complexity index is 392. The number of aromatic amines is 1. The van der Waals surface area contributed by atoms with Crippen molar-refractivity contribution in [1.29, 1.82) is 0 Å². The Morgan fingerprint density at radius 2 is 2.18 bits per heavy atom. The van der Waals surface area contributed by atoms with Crippen LogP contribution in [-0.2, 0) is 11.2 Å². The molecule has 0 fully saturated rings. The smallest absolute Gasteiger partial charge is 0.185 e. The fraction of sp³-hybridized carbons (Fsp3) is 0.636. The average molecular weight is 258 g/mol. The van der Waals surface area contributed by atoms with Crippen LogP contribution in [-0.4, -0.2) is 37.2 Å². The summed E-state index contributed by atoms with van der Waals surface area (Å²) in [6, 6.07) is 0. The number of nitrogens with one attached hydrogen (secondary N) is 1. The third-order valence-corrected chi connectivity index (χ3v) is 3.32. The Kier molecular flexibility index (Phi) is 5.17. The molecule has 1 heterocycles. The zero-order chi connectivity index (χ0) is 13.0. The number of carbonyl (C=O) groups excluding carboxylic acids is 1. The molecule has 0 saturated heterocycles. The van der Waals surface area contributed by atoms with Gasteiger partial charge >= 0.3 is 0 Å². The standard InChI is InChI=1S/C11H18N2O3S/c1-4-9-12-6(2)10(13-9)11(16)8(15)5-17-7(3)14/h8,11,15-16H,4-5H2,1-3H3,(H,12,13). The van der Waals surface area contributed by atoms with Gasteiger partial charge in [-0.25, -0.2) is 4.98 Å². The van der Waals surface area contributed by atoms with Gasteiger partial charge in [-0.1, -0.05) is 18.7 Å². The summed E-state index contributed by atoms with van der Waals surface area (Å²) in [4.78, 5) is 18.0. The number of hydrogen-bond acceptors (Lipinski definition) is 5. The first-order chi connectivity index (χ1) is 7.95. The van der Waals surface area contributed by atoms with Crippen LogP contribution < -0.4 is 0 Å². The van der Waals surface area contributed by atoms with Crippen molar-refractivity contribution in [2.24, 2.45) is 0 Å². The van der Waals surface area contributed by atoms with Gasteiger partial charge in [0.05, 0.1) is 11.8 Å². The Labute approximate surface area is 105 Å². The highest BCUT2D eigenvalue weighted by molar-refractivity contribution is 8.13. The maximum Gasteiger partial charge on any atom is 0.185 e. The molecule has 2 unspecified atom stereocenters. The summed E-state index contributed by atoms with van der Waals surface area (Å²) >= 11 is 0.994. The summed E-state index contributed by atoms with van der Waals surface area (Å²) in [7, 11) is 0. The van der Waals surface area contributed by atoms with Crippen molar-refractivity contribution in [1.82, 2.24) is 9.97 Å². The predicted molar refractivity (Wildman–Crippen MR) is 66.8 cm³/mol. The first-order valence-corrected chi connectivity index (χ1v) is 6.49. The highest BCUT2D eigenvalue weighted by Gasteiger charge is 2.23.